The summed E-state index contributed by atoms with van der Waals surface area (Å²) in [7, 11) is 0. The van der Waals surface area contributed by atoms with Gasteiger partial charge < -0.3 is 5.73 Å². The lowest BCUT2D eigenvalue weighted by Crippen LogP contribution is -2.17. The number of anilines is 1. The van der Waals surface area contributed by atoms with Crippen LogP contribution in [-0.4, -0.2) is 14.8 Å². The predicted octanol–water partition coefficient (Wildman–Crippen LogP) is 3.26. The van der Waals surface area contributed by atoms with E-state index in [1.807, 2.05) is 48.5 Å². The van der Waals surface area contributed by atoms with Crippen molar-refractivity contribution in [3.8, 4) is 0 Å². The summed E-state index contributed by atoms with van der Waals surface area (Å²) in [6.07, 6.45) is 3.48. The number of rotatable bonds is 3. The number of hydrogen-bond acceptors (Lipinski definition) is 3. The summed E-state index contributed by atoms with van der Waals surface area (Å²) in [6.45, 7) is 0. The molecule has 0 bridgehead atoms. The maximum Gasteiger partial charge on any atom is 0.137 e. The maximum atomic E-state index is 6.10. The fourth-order valence-corrected chi connectivity index (χ4v) is 2.44. The van der Waals surface area contributed by atoms with Gasteiger partial charge in [-0.05, 0) is 33.6 Å². The van der Waals surface area contributed by atoms with Gasteiger partial charge in [-0.3, -0.25) is 4.98 Å². The summed E-state index contributed by atoms with van der Waals surface area (Å²) in [6, 6.07) is 15.8. The van der Waals surface area contributed by atoms with Crippen molar-refractivity contribution in [2.45, 2.75) is 6.04 Å². The van der Waals surface area contributed by atoms with E-state index in [0.717, 1.165) is 15.7 Å². The van der Waals surface area contributed by atoms with Gasteiger partial charge in [0.2, 0.25) is 0 Å². The van der Waals surface area contributed by atoms with Crippen molar-refractivity contribution in [1.82, 2.24) is 14.8 Å². The molecule has 0 saturated heterocycles. The number of halogens is 1. The molecule has 0 aliphatic rings. The van der Waals surface area contributed by atoms with Gasteiger partial charge in [0, 0.05) is 6.20 Å². The Hall–Kier alpha value is -2.14. The van der Waals surface area contributed by atoms with Crippen molar-refractivity contribution in [3.05, 3.63) is 76.7 Å². The van der Waals surface area contributed by atoms with Crippen LogP contribution < -0.4 is 5.73 Å². The molecule has 2 aromatic heterocycles. The Kier molecular flexibility index (Phi) is 3.52. The van der Waals surface area contributed by atoms with Gasteiger partial charge in [-0.25, -0.2) is 4.68 Å². The molecule has 0 radical (unpaired) electrons. The van der Waals surface area contributed by atoms with E-state index in [4.69, 9.17) is 5.73 Å². The highest BCUT2D eigenvalue weighted by Crippen LogP contribution is 2.29. The molecule has 100 valence electrons. The molecule has 0 spiro atoms. The largest absolute Gasteiger partial charge is 0.383 e. The van der Waals surface area contributed by atoms with E-state index in [2.05, 4.69) is 26.0 Å². The highest BCUT2D eigenvalue weighted by atomic mass is 79.9. The molecule has 1 unspecified atom stereocenters. The van der Waals surface area contributed by atoms with Crippen LogP contribution in [-0.2, 0) is 0 Å². The minimum atomic E-state index is -0.135. The fourth-order valence-electron chi connectivity index (χ4n) is 2.17. The highest BCUT2D eigenvalue weighted by molar-refractivity contribution is 9.10. The van der Waals surface area contributed by atoms with Crippen molar-refractivity contribution < 1.29 is 0 Å². The van der Waals surface area contributed by atoms with Crippen LogP contribution in [0.2, 0.25) is 0 Å². The molecule has 0 saturated carbocycles. The SMILES string of the molecule is Nc1c(Br)cnn1C(c1ccccc1)c1ccccn1. The Morgan fingerprint density at radius 1 is 1.05 bits per heavy atom. The van der Waals surface area contributed by atoms with Crippen LogP contribution in [0.25, 0.3) is 0 Å². The Balaban J connectivity index is 2.17. The van der Waals surface area contributed by atoms with E-state index < -0.39 is 0 Å². The molecular weight excluding hydrogens is 316 g/mol. The zero-order chi connectivity index (χ0) is 13.9. The summed E-state index contributed by atoms with van der Waals surface area (Å²) in [4.78, 5) is 4.45. The van der Waals surface area contributed by atoms with Gasteiger partial charge in [0.05, 0.1) is 16.4 Å². The van der Waals surface area contributed by atoms with Gasteiger partial charge in [0.1, 0.15) is 11.9 Å². The molecule has 2 heterocycles. The molecular formula is C15H13BrN4. The van der Waals surface area contributed by atoms with Crippen LogP contribution in [0.3, 0.4) is 0 Å². The summed E-state index contributed by atoms with van der Waals surface area (Å²) < 4.78 is 2.57. The Bertz CT molecular complexity index is 655. The quantitative estimate of drug-likeness (QED) is 0.802. The summed E-state index contributed by atoms with van der Waals surface area (Å²) in [5.74, 6) is 0.588. The van der Waals surface area contributed by atoms with Crippen LogP contribution >= 0.6 is 15.9 Å². The average molecular weight is 329 g/mol. The topological polar surface area (TPSA) is 56.7 Å². The molecule has 0 aliphatic carbocycles. The first-order chi connectivity index (χ1) is 9.77. The number of nitrogen functional groups attached to an aromatic ring is 1. The zero-order valence-electron chi connectivity index (χ0n) is 10.6. The molecule has 1 atom stereocenters. The van der Waals surface area contributed by atoms with Crippen LogP contribution in [0.5, 0.6) is 0 Å². The Morgan fingerprint density at radius 2 is 1.80 bits per heavy atom. The first-order valence-corrected chi connectivity index (χ1v) is 7.01. The average Bonchev–Trinajstić information content (AvgIpc) is 2.82. The summed E-state index contributed by atoms with van der Waals surface area (Å²) in [5.41, 5.74) is 8.10. The molecule has 0 fully saturated rings. The van der Waals surface area contributed by atoms with E-state index >= 15 is 0 Å². The van der Waals surface area contributed by atoms with Crippen molar-refractivity contribution in [2.75, 3.05) is 5.73 Å². The van der Waals surface area contributed by atoms with Gasteiger partial charge in [-0.15, -0.1) is 0 Å². The molecule has 4 nitrogen and oxygen atoms in total. The first kappa shape index (κ1) is 12.9. The standard InChI is InChI=1S/C15H13BrN4/c16-12-10-19-20(15(12)17)14(11-6-2-1-3-7-11)13-8-4-5-9-18-13/h1-10,14H,17H2. The second-order valence-corrected chi connectivity index (χ2v) is 5.24. The number of nitrogens with two attached hydrogens (primary N) is 1. The number of aromatic nitrogens is 3. The molecule has 3 aromatic rings. The number of benzene rings is 1. The van der Waals surface area contributed by atoms with Crippen LogP contribution in [0, 0.1) is 0 Å². The molecule has 1 aromatic carbocycles. The number of pyridine rings is 1. The second kappa shape index (κ2) is 5.46. The molecule has 2 N–H and O–H groups in total. The van der Waals surface area contributed by atoms with Crippen LogP contribution in [0.15, 0.2) is 65.4 Å². The third kappa shape index (κ3) is 2.32. The van der Waals surface area contributed by atoms with E-state index in [1.165, 1.54) is 0 Å². The predicted molar refractivity (Wildman–Crippen MR) is 82.3 cm³/mol. The van der Waals surface area contributed by atoms with Gasteiger partial charge in [0.15, 0.2) is 0 Å². The third-order valence-electron chi connectivity index (χ3n) is 3.11. The highest BCUT2D eigenvalue weighted by Gasteiger charge is 2.21. The van der Waals surface area contributed by atoms with Crippen LogP contribution in [0.1, 0.15) is 17.3 Å². The van der Waals surface area contributed by atoms with E-state index in [0.29, 0.717) is 5.82 Å². The Labute approximate surface area is 125 Å². The monoisotopic (exact) mass is 328 g/mol. The van der Waals surface area contributed by atoms with Crippen molar-refractivity contribution in [2.24, 2.45) is 0 Å². The van der Waals surface area contributed by atoms with Crippen LogP contribution in [0.4, 0.5) is 5.82 Å². The van der Waals surface area contributed by atoms with Crippen molar-refractivity contribution in [3.63, 3.8) is 0 Å². The smallest absolute Gasteiger partial charge is 0.137 e. The molecule has 3 rings (SSSR count). The molecule has 5 heteroatoms. The van der Waals surface area contributed by atoms with E-state index in [-0.39, 0.29) is 6.04 Å². The van der Waals surface area contributed by atoms with E-state index in [1.54, 1.807) is 17.1 Å². The normalized spacial score (nSPS) is 12.2. The Morgan fingerprint density at radius 3 is 2.40 bits per heavy atom. The summed E-state index contributed by atoms with van der Waals surface area (Å²) >= 11 is 3.40. The minimum absolute atomic E-state index is 0.135. The third-order valence-corrected chi connectivity index (χ3v) is 3.73. The van der Waals surface area contributed by atoms with Crippen molar-refractivity contribution >= 4 is 21.7 Å². The lowest BCUT2D eigenvalue weighted by molar-refractivity contribution is 0.590. The number of nitrogens with zero attached hydrogens (tertiary/aromatic N) is 3. The maximum absolute atomic E-state index is 6.10. The van der Waals surface area contributed by atoms with Crippen molar-refractivity contribution in [1.29, 1.82) is 0 Å². The second-order valence-electron chi connectivity index (χ2n) is 4.39. The molecule has 0 aliphatic heterocycles. The van der Waals surface area contributed by atoms with Gasteiger partial charge >= 0.3 is 0 Å². The first-order valence-electron chi connectivity index (χ1n) is 6.21. The van der Waals surface area contributed by atoms with Gasteiger partial charge in [-0.1, -0.05) is 36.4 Å². The fraction of sp³-hybridized carbons (Fsp3) is 0.0667. The van der Waals surface area contributed by atoms with E-state index in [9.17, 15) is 0 Å². The minimum Gasteiger partial charge on any atom is -0.383 e. The molecule has 20 heavy (non-hydrogen) atoms. The zero-order valence-corrected chi connectivity index (χ0v) is 12.2. The lowest BCUT2D eigenvalue weighted by Gasteiger charge is -2.19. The lowest BCUT2D eigenvalue weighted by atomic mass is 10.0. The van der Waals surface area contributed by atoms with Gasteiger partial charge in [-0.2, -0.15) is 5.10 Å². The number of hydrogen-bond donors (Lipinski definition) is 1. The van der Waals surface area contributed by atoms with Gasteiger partial charge in [0.25, 0.3) is 0 Å². The summed E-state index contributed by atoms with van der Waals surface area (Å²) in [5, 5.41) is 4.37. The molecule has 0 amide bonds.